The summed E-state index contributed by atoms with van der Waals surface area (Å²) in [6.07, 6.45) is 3.65. The molecule has 1 heterocycles. The minimum absolute atomic E-state index is 0.141. The van der Waals surface area contributed by atoms with E-state index >= 15 is 0 Å². The molecule has 1 fully saturated rings. The Morgan fingerprint density at radius 1 is 1.47 bits per heavy atom. The van der Waals surface area contributed by atoms with E-state index in [-0.39, 0.29) is 5.75 Å². The highest BCUT2D eigenvalue weighted by Crippen LogP contribution is 2.31. The van der Waals surface area contributed by atoms with Gasteiger partial charge in [0.1, 0.15) is 14.9 Å². The minimum atomic E-state index is -2.93. The van der Waals surface area contributed by atoms with E-state index in [0.29, 0.717) is 29.8 Å². The highest BCUT2D eigenvalue weighted by molar-refractivity contribution is 8.00. The number of sulfone groups is 1. The molecule has 1 aromatic heterocycles. The number of rotatable bonds is 7. The van der Waals surface area contributed by atoms with Gasteiger partial charge in [0.05, 0.1) is 18.0 Å². The van der Waals surface area contributed by atoms with E-state index in [2.05, 4.69) is 4.98 Å². The molecule has 0 spiro atoms. The van der Waals surface area contributed by atoms with E-state index in [9.17, 15) is 8.42 Å². The van der Waals surface area contributed by atoms with Crippen molar-refractivity contribution in [2.24, 2.45) is 5.92 Å². The summed E-state index contributed by atoms with van der Waals surface area (Å²) in [6.45, 7) is 0.661. The Hall–Kier alpha value is -0.950. The number of anilines is 1. The molecule has 1 saturated carbocycles. The van der Waals surface area contributed by atoms with Gasteiger partial charge in [0.25, 0.3) is 0 Å². The molecule has 5 nitrogen and oxygen atoms in total. The average Bonchev–Trinajstić information content (AvgIpc) is 3.12. The molecule has 0 aromatic carbocycles. The lowest BCUT2D eigenvalue weighted by Crippen LogP contribution is -2.06. The number of thioether (sulfide) groups is 1. The standard InChI is InChI=1S/C12H18N2O3S2/c1-19(15,16)7-6-18-11-5-4-10(13)12(14-11)17-8-9-2-3-9/h4-5,9H,2-3,6-8,13H2,1H3. The van der Waals surface area contributed by atoms with Gasteiger partial charge in [-0.15, -0.1) is 11.8 Å². The normalized spacial score (nSPS) is 15.4. The van der Waals surface area contributed by atoms with Crippen molar-refractivity contribution in [1.82, 2.24) is 4.98 Å². The molecule has 1 aromatic rings. The molecule has 7 heteroatoms. The lowest BCUT2D eigenvalue weighted by atomic mass is 10.4. The largest absolute Gasteiger partial charge is 0.476 e. The number of hydrogen-bond acceptors (Lipinski definition) is 6. The molecular formula is C12H18N2O3S2. The van der Waals surface area contributed by atoms with E-state index in [1.165, 1.54) is 30.9 Å². The zero-order valence-electron chi connectivity index (χ0n) is 10.8. The van der Waals surface area contributed by atoms with Gasteiger partial charge in [-0.2, -0.15) is 0 Å². The van der Waals surface area contributed by atoms with Gasteiger partial charge in [-0.1, -0.05) is 0 Å². The van der Waals surface area contributed by atoms with E-state index in [4.69, 9.17) is 10.5 Å². The van der Waals surface area contributed by atoms with Crippen molar-refractivity contribution in [3.63, 3.8) is 0 Å². The van der Waals surface area contributed by atoms with Crippen LogP contribution < -0.4 is 10.5 Å². The molecule has 19 heavy (non-hydrogen) atoms. The number of ether oxygens (including phenoxy) is 1. The van der Waals surface area contributed by atoms with Crippen LogP contribution in [0.2, 0.25) is 0 Å². The third-order valence-electron chi connectivity index (χ3n) is 2.72. The second kappa shape index (κ2) is 6.00. The van der Waals surface area contributed by atoms with Crippen LogP contribution in [0, 0.1) is 5.92 Å². The Balaban J connectivity index is 1.91. The molecular weight excluding hydrogens is 284 g/mol. The van der Waals surface area contributed by atoms with Gasteiger partial charge in [-0.3, -0.25) is 0 Å². The molecule has 106 valence electrons. The van der Waals surface area contributed by atoms with Crippen molar-refractivity contribution < 1.29 is 13.2 Å². The van der Waals surface area contributed by atoms with Crippen molar-refractivity contribution in [1.29, 1.82) is 0 Å². The maximum Gasteiger partial charge on any atom is 0.238 e. The van der Waals surface area contributed by atoms with E-state index < -0.39 is 9.84 Å². The summed E-state index contributed by atoms with van der Waals surface area (Å²) in [5, 5.41) is 0.739. The molecule has 0 unspecified atom stereocenters. The zero-order chi connectivity index (χ0) is 13.9. The maximum atomic E-state index is 11.0. The van der Waals surface area contributed by atoms with Crippen LogP contribution in [0.4, 0.5) is 5.69 Å². The Morgan fingerprint density at radius 2 is 2.21 bits per heavy atom. The lowest BCUT2D eigenvalue weighted by Gasteiger charge is -2.08. The summed E-state index contributed by atoms with van der Waals surface area (Å²) in [5.41, 5.74) is 6.32. The van der Waals surface area contributed by atoms with Crippen molar-refractivity contribution in [3.8, 4) is 5.88 Å². The molecule has 2 rings (SSSR count). The summed E-state index contributed by atoms with van der Waals surface area (Å²) in [7, 11) is -2.93. The fourth-order valence-electron chi connectivity index (χ4n) is 1.41. The molecule has 1 aliphatic rings. The topological polar surface area (TPSA) is 82.3 Å². The van der Waals surface area contributed by atoms with Gasteiger partial charge in [-0.05, 0) is 30.9 Å². The predicted octanol–water partition coefficient (Wildman–Crippen LogP) is 1.59. The predicted molar refractivity (Wildman–Crippen MR) is 77.3 cm³/mol. The van der Waals surface area contributed by atoms with Crippen LogP contribution in [0.3, 0.4) is 0 Å². The van der Waals surface area contributed by atoms with Gasteiger partial charge in [0, 0.05) is 12.0 Å². The first kappa shape index (κ1) is 14.5. The highest BCUT2D eigenvalue weighted by atomic mass is 32.2. The number of nitrogen functional groups attached to an aromatic ring is 1. The first-order valence-electron chi connectivity index (χ1n) is 6.14. The van der Waals surface area contributed by atoms with Crippen molar-refractivity contribution >= 4 is 27.3 Å². The van der Waals surface area contributed by atoms with E-state index in [1.807, 2.05) is 0 Å². The summed E-state index contributed by atoms with van der Waals surface area (Å²) in [5.74, 6) is 1.72. The van der Waals surface area contributed by atoms with Crippen LogP contribution in [-0.2, 0) is 9.84 Å². The summed E-state index contributed by atoms with van der Waals surface area (Å²) in [4.78, 5) is 4.31. The Bertz CT molecular complexity index is 542. The lowest BCUT2D eigenvalue weighted by molar-refractivity contribution is 0.288. The SMILES string of the molecule is CS(=O)(=O)CCSc1ccc(N)c(OCC2CC2)n1. The molecule has 0 bridgehead atoms. The van der Waals surface area contributed by atoms with Crippen LogP contribution in [-0.4, -0.2) is 37.8 Å². The van der Waals surface area contributed by atoms with E-state index in [0.717, 1.165) is 5.03 Å². The Kier molecular flexibility index (Phi) is 4.57. The first-order chi connectivity index (χ1) is 8.94. The fourth-order valence-corrected chi connectivity index (χ4v) is 3.47. The molecule has 0 aliphatic heterocycles. The number of nitrogens with zero attached hydrogens (tertiary/aromatic N) is 1. The second-order valence-electron chi connectivity index (χ2n) is 4.78. The van der Waals surface area contributed by atoms with Crippen LogP contribution in [0.5, 0.6) is 5.88 Å². The van der Waals surface area contributed by atoms with Gasteiger partial charge in [0.15, 0.2) is 0 Å². The number of aromatic nitrogens is 1. The monoisotopic (exact) mass is 302 g/mol. The molecule has 0 amide bonds. The zero-order valence-corrected chi connectivity index (χ0v) is 12.5. The summed E-state index contributed by atoms with van der Waals surface area (Å²) >= 11 is 1.39. The summed E-state index contributed by atoms with van der Waals surface area (Å²) < 4.78 is 27.7. The first-order valence-corrected chi connectivity index (χ1v) is 9.18. The third kappa shape index (κ3) is 5.28. The van der Waals surface area contributed by atoms with Crippen LogP contribution in [0.1, 0.15) is 12.8 Å². The van der Waals surface area contributed by atoms with Gasteiger partial charge in [-0.25, -0.2) is 13.4 Å². The molecule has 1 aliphatic carbocycles. The molecule has 0 radical (unpaired) electrons. The maximum absolute atomic E-state index is 11.0. The highest BCUT2D eigenvalue weighted by Gasteiger charge is 2.22. The van der Waals surface area contributed by atoms with Gasteiger partial charge in [0.2, 0.25) is 5.88 Å². The van der Waals surface area contributed by atoms with Gasteiger partial charge >= 0.3 is 0 Å². The van der Waals surface area contributed by atoms with Crippen LogP contribution in [0.15, 0.2) is 17.2 Å². The fraction of sp³-hybridized carbons (Fsp3) is 0.583. The third-order valence-corrected chi connectivity index (χ3v) is 4.86. The second-order valence-corrected chi connectivity index (χ2v) is 8.15. The quantitative estimate of drug-likeness (QED) is 0.770. The number of nitrogens with two attached hydrogens (primary N) is 1. The Morgan fingerprint density at radius 3 is 2.84 bits per heavy atom. The average molecular weight is 302 g/mol. The molecule has 0 saturated heterocycles. The van der Waals surface area contributed by atoms with Crippen molar-refractivity contribution in [3.05, 3.63) is 12.1 Å². The molecule has 2 N–H and O–H groups in total. The number of pyridine rings is 1. The smallest absolute Gasteiger partial charge is 0.238 e. The number of hydrogen-bond donors (Lipinski definition) is 1. The van der Waals surface area contributed by atoms with Crippen molar-refractivity contribution in [2.45, 2.75) is 17.9 Å². The Labute approximate surface area is 117 Å². The van der Waals surface area contributed by atoms with Gasteiger partial charge < -0.3 is 10.5 Å². The summed E-state index contributed by atoms with van der Waals surface area (Å²) in [6, 6.07) is 3.53. The van der Waals surface area contributed by atoms with Crippen molar-refractivity contribution in [2.75, 3.05) is 30.1 Å². The minimum Gasteiger partial charge on any atom is -0.476 e. The molecule has 0 atom stereocenters. The van der Waals surface area contributed by atoms with Crippen LogP contribution >= 0.6 is 11.8 Å². The van der Waals surface area contributed by atoms with E-state index in [1.54, 1.807) is 12.1 Å². The van der Waals surface area contributed by atoms with Crippen LogP contribution in [0.25, 0.3) is 0 Å².